The molecular formula is C28H36N6O2. The van der Waals surface area contributed by atoms with Crippen LogP contribution in [0.1, 0.15) is 61.8 Å². The van der Waals surface area contributed by atoms with Crippen LogP contribution in [0.5, 0.6) is 5.75 Å². The molecule has 3 unspecified atom stereocenters. The standard InChI is InChI=1S/C28H36N6O2/c1-3-4-17-36-23-11-9-22(10-12-23)24-18-25-28-31-30-26(33(28)15-16-34(25)32-24)13-14-27(35)29-19-21-7-5-20(2)6-8-21/h5-12,15-16,24-25,28,31-32H,3-4,13-14,17-19H2,1-2H3,(H,29,35). The second-order valence-electron chi connectivity index (χ2n) is 9.73. The van der Waals surface area contributed by atoms with Crippen molar-refractivity contribution in [1.82, 2.24) is 26.1 Å². The van der Waals surface area contributed by atoms with E-state index in [1.54, 1.807) is 0 Å². The molecule has 3 aliphatic heterocycles. The monoisotopic (exact) mass is 488 g/mol. The van der Waals surface area contributed by atoms with Gasteiger partial charge < -0.3 is 20.0 Å². The Hall–Kier alpha value is -3.52. The number of amidine groups is 1. The first-order valence-electron chi connectivity index (χ1n) is 13.0. The minimum Gasteiger partial charge on any atom is -0.494 e. The Morgan fingerprint density at radius 1 is 1.14 bits per heavy atom. The predicted molar refractivity (Wildman–Crippen MR) is 141 cm³/mol. The summed E-state index contributed by atoms with van der Waals surface area (Å²) in [7, 11) is 0. The molecule has 3 atom stereocenters. The summed E-state index contributed by atoms with van der Waals surface area (Å²) in [5, 5.41) is 9.77. The van der Waals surface area contributed by atoms with Crippen molar-refractivity contribution in [3.8, 4) is 5.75 Å². The van der Waals surface area contributed by atoms with Gasteiger partial charge >= 0.3 is 0 Å². The quantitative estimate of drug-likeness (QED) is 0.440. The molecule has 8 nitrogen and oxygen atoms in total. The number of hydrogen-bond acceptors (Lipinski definition) is 7. The van der Waals surface area contributed by atoms with E-state index in [9.17, 15) is 4.79 Å². The highest BCUT2D eigenvalue weighted by Crippen LogP contribution is 2.34. The van der Waals surface area contributed by atoms with Crippen LogP contribution in [-0.4, -0.2) is 40.5 Å². The lowest BCUT2D eigenvalue weighted by Crippen LogP contribution is -2.54. The summed E-state index contributed by atoms with van der Waals surface area (Å²) in [6.07, 6.45) is 8.33. The van der Waals surface area contributed by atoms with Gasteiger partial charge in [0.25, 0.3) is 0 Å². The van der Waals surface area contributed by atoms with Crippen molar-refractivity contribution < 1.29 is 9.53 Å². The number of carbonyl (C=O) groups excluding carboxylic acids is 1. The summed E-state index contributed by atoms with van der Waals surface area (Å²) < 4.78 is 5.81. The molecular weight excluding hydrogens is 452 g/mol. The van der Waals surface area contributed by atoms with Crippen LogP contribution in [0.2, 0.25) is 0 Å². The number of hydrogen-bond donors (Lipinski definition) is 3. The largest absolute Gasteiger partial charge is 0.494 e. The Morgan fingerprint density at radius 3 is 2.72 bits per heavy atom. The number of carbonyl (C=O) groups is 1. The van der Waals surface area contributed by atoms with E-state index in [-0.39, 0.29) is 24.2 Å². The molecule has 1 fully saturated rings. The fourth-order valence-electron chi connectivity index (χ4n) is 4.88. The summed E-state index contributed by atoms with van der Waals surface area (Å²) in [6.45, 7) is 5.54. The van der Waals surface area contributed by atoms with Crippen molar-refractivity contribution in [3.63, 3.8) is 0 Å². The molecule has 0 aliphatic carbocycles. The van der Waals surface area contributed by atoms with Crippen LogP contribution in [0, 0.1) is 6.92 Å². The lowest BCUT2D eigenvalue weighted by Gasteiger charge is -2.37. The molecule has 1 saturated heterocycles. The van der Waals surface area contributed by atoms with Gasteiger partial charge in [-0.15, -0.1) is 0 Å². The van der Waals surface area contributed by atoms with Crippen LogP contribution in [0.3, 0.4) is 0 Å². The summed E-state index contributed by atoms with van der Waals surface area (Å²) in [6, 6.07) is 17.1. The van der Waals surface area contributed by atoms with Gasteiger partial charge in [0.15, 0.2) is 0 Å². The number of benzene rings is 2. The van der Waals surface area contributed by atoms with Crippen molar-refractivity contribution in [2.75, 3.05) is 6.61 Å². The Balaban J connectivity index is 1.11. The number of aryl methyl sites for hydroxylation is 1. The highest BCUT2D eigenvalue weighted by molar-refractivity contribution is 5.89. The van der Waals surface area contributed by atoms with Gasteiger partial charge in [0.1, 0.15) is 17.8 Å². The van der Waals surface area contributed by atoms with Gasteiger partial charge in [-0.25, -0.2) is 5.43 Å². The SMILES string of the molecule is CCCCOc1ccc(C2CC3C4NN=C(CCC(=O)NCc5ccc(C)cc5)N4C=CN3N2)cc1. The van der Waals surface area contributed by atoms with Crippen LogP contribution in [0.4, 0.5) is 0 Å². The first-order valence-corrected chi connectivity index (χ1v) is 13.0. The van der Waals surface area contributed by atoms with Gasteiger partial charge in [-0.05, 0) is 43.0 Å². The lowest BCUT2D eigenvalue weighted by molar-refractivity contribution is -0.121. The van der Waals surface area contributed by atoms with E-state index >= 15 is 0 Å². The zero-order valence-corrected chi connectivity index (χ0v) is 21.1. The fraction of sp³-hybridized carbons (Fsp3) is 0.429. The third-order valence-electron chi connectivity index (χ3n) is 7.05. The summed E-state index contributed by atoms with van der Waals surface area (Å²) in [4.78, 5) is 14.6. The number of rotatable bonds is 10. The molecule has 0 radical (unpaired) electrons. The molecule has 190 valence electrons. The highest BCUT2D eigenvalue weighted by atomic mass is 16.5. The van der Waals surface area contributed by atoms with Crippen LogP contribution in [-0.2, 0) is 11.3 Å². The average Bonchev–Trinajstić information content (AvgIpc) is 3.52. The number of hydrazine groups is 1. The van der Waals surface area contributed by atoms with Crippen LogP contribution >= 0.6 is 0 Å². The molecule has 3 N–H and O–H groups in total. The van der Waals surface area contributed by atoms with E-state index in [2.05, 4.69) is 87.6 Å². The molecule has 0 spiro atoms. The summed E-state index contributed by atoms with van der Waals surface area (Å²) in [5.74, 6) is 1.86. The van der Waals surface area contributed by atoms with E-state index in [4.69, 9.17) is 4.74 Å². The first-order chi connectivity index (χ1) is 17.6. The van der Waals surface area contributed by atoms with Gasteiger partial charge in [0, 0.05) is 31.8 Å². The minimum absolute atomic E-state index is 0.0362. The van der Waals surface area contributed by atoms with E-state index in [0.717, 1.165) is 43.0 Å². The third kappa shape index (κ3) is 5.49. The highest BCUT2D eigenvalue weighted by Gasteiger charge is 2.44. The van der Waals surface area contributed by atoms with Gasteiger partial charge in [-0.2, -0.15) is 5.10 Å². The van der Waals surface area contributed by atoms with Crippen LogP contribution in [0.15, 0.2) is 66.0 Å². The van der Waals surface area contributed by atoms with Gasteiger partial charge in [-0.1, -0.05) is 55.3 Å². The van der Waals surface area contributed by atoms with Crippen molar-refractivity contribution in [3.05, 3.63) is 77.6 Å². The fourth-order valence-corrected chi connectivity index (χ4v) is 4.88. The molecule has 1 amide bonds. The van der Waals surface area contributed by atoms with Gasteiger partial charge in [-0.3, -0.25) is 10.2 Å². The van der Waals surface area contributed by atoms with Crippen molar-refractivity contribution in [2.45, 2.75) is 70.7 Å². The summed E-state index contributed by atoms with van der Waals surface area (Å²) in [5.41, 5.74) is 10.5. The zero-order chi connectivity index (χ0) is 24.9. The maximum atomic E-state index is 12.4. The second kappa shape index (κ2) is 11.0. The predicted octanol–water partition coefficient (Wildman–Crippen LogP) is 3.92. The molecule has 8 heteroatoms. The molecule has 36 heavy (non-hydrogen) atoms. The third-order valence-corrected chi connectivity index (χ3v) is 7.05. The number of hydrazone groups is 1. The Kier molecular flexibility index (Phi) is 7.41. The normalized spacial score (nSPS) is 22.1. The van der Waals surface area contributed by atoms with E-state index in [1.807, 2.05) is 18.3 Å². The van der Waals surface area contributed by atoms with Gasteiger partial charge in [0.2, 0.25) is 5.91 Å². The molecule has 2 aromatic rings. The number of fused-ring (bicyclic) bond motifs is 3. The number of nitrogens with one attached hydrogen (secondary N) is 3. The number of nitrogens with zero attached hydrogens (tertiary/aromatic N) is 3. The molecule has 5 rings (SSSR count). The Bertz CT molecular complexity index is 1100. The number of amides is 1. The maximum absolute atomic E-state index is 12.4. The molecule has 0 bridgehead atoms. The van der Waals surface area contributed by atoms with Crippen LogP contribution < -0.4 is 20.9 Å². The van der Waals surface area contributed by atoms with Crippen molar-refractivity contribution in [2.24, 2.45) is 5.10 Å². The average molecular weight is 489 g/mol. The number of unbranched alkanes of at least 4 members (excludes halogenated alkanes) is 1. The Morgan fingerprint density at radius 2 is 1.94 bits per heavy atom. The maximum Gasteiger partial charge on any atom is 0.220 e. The summed E-state index contributed by atoms with van der Waals surface area (Å²) >= 11 is 0. The molecule has 2 aromatic carbocycles. The van der Waals surface area contributed by atoms with E-state index in [1.165, 1.54) is 11.1 Å². The Labute approximate surface area is 213 Å². The molecule has 3 heterocycles. The minimum atomic E-state index is 0.0362. The second-order valence-corrected chi connectivity index (χ2v) is 9.73. The first kappa shape index (κ1) is 24.2. The molecule has 3 aliphatic rings. The van der Waals surface area contributed by atoms with E-state index in [0.29, 0.717) is 19.4 Å². The van der Waals surface area contributed by atoms with Crippen molar-refractivity contribution in [1.29, 1.82) is 0 Å². The van der Waals surface area contributed by atoms with Crippen LogP contribution in [0.25, 0.3) is 0 Å². The molecule has 0 aromatic heterocycles. The smallest absolute Gasteiger partial charge is 0.220 e. The van der Waals surface area contributed by atoms with Crippen molar-refractivity contribution >= 4 is 11.7 Å². The lowest BCUT2D eigenvalue weighted by atomic mass is 9.99. The molecule has 0 saturated carbocycles. The zero-order valence-electron chi connectivity index (χ0n) is 21.1. The topological polar surface area (TPSA) is 81.2 Å². The number of ether oxygens (including phenoxy) is 1. The van der Waals surface area contributed by atoms with Gasteiger partial charge in [0.05, 0.1) is 18.7 Å². The van der Waals surface area contributed by atoms with E-state index < -0.39 is 0 Å².